The van der Waals surface area contributed by atoms with Crippen LogP contribution in [0.3, 0.4) is 0 Å². The molecule has 0 atom stereocenters. The molecule has 0 spiro atoms. The van der Waals surface area contributed by atoms with Crippen molar-refractivity contribution in [3.63, 3.8) is 0 Å². The minimum absolute atomic E-state index is 0.201. The third-order valence-corrected chi connectivity index (χ3v) is 1.38. The molecule has 0 aromatic carbocycles. The number of pyridine rings is 1. The molecule has 66 valence electrons. The van der Waals surface area contributed by atoms with E-state index < -0.39 is 5.91 Å². The van der Waals surface area contributed by atoms with Gasteiger partial charge in [-0.05, 0) is 6.07 Å². The Bertz CT molecular complexity index is 357. The van der Waals surface area contributed by atoms with Gasteiger partial charge in [0.25, 0.3) is 5.91 Å². The van der Waals surface area contributed by atoms with Gasteiger partial charge in [-0.1, -0.05) is 0 Å². The van der Waals surface area contributed by atoms with Gasteiger partial charge >= 0.3 is 0 Å². The molecule has 0 saturated heterocycles. The number of hydroxylamine groups is 1. The first-order valence-electron chi connectivity index (χ1n) is 3.47. The zero-order valence-corrected chi connectivity index (χ0v) is 6.94. The number of aromatic nitrogens is 1. The fraction of sp³-hybridized carbons (Fsp3) is 0.125. The van der Waals surface area contributed by atoms with Crippen LogP contribution >= 0.6 is 0 Å². The highest BCUT2D eigenvalue weighted by molar-refractivity contribution is 5.95. The molecule has 0 fully saturated rings. The molecule has 0 saturated carbocycles. The maximum Gasteiger partial charge on any atom is 0.277 e. The fourth-order valence-electron chi connectivity index (χ4n) is 0.821. The second-order valence-electron chi connectivity index (χ2n) is 2.17. The van der Waals surface area contributed by atoms with Crippen LogP contribution in [-0.4, -0.2) is 18.0 Å². The second-order valence-corrected chi connectivity index (χ2v) is 2.17. The number of carbonyl (C=O) groups excluding carboxylic acids is 1. The lowest BCUT2D eigenvalue weighted by Crippen LogP contribution is -2.22. The molecule has 0 radical (unpaired) electrons. The van der Waals surface area contributed by atoms with E-state index in [1.54, 1.807) is 0 Å². The monoisotopic (exact) mass is 177 g/mol. The number of nitrogens with zero attached hydrogens (tertiary/aromatic N) is 2. The maximum absolute atomic E-state index is 11.2. The van der Waals surface area contributed by atoms with Crippen molar-refractivity contribution in [2.24, 2.45) is 0 Å². The standard InChI is InChI=1S/C8H7N3O2/c1-13-11-8(12)7-5-10-3-2-6(7)4-9/h2-3,5H,1H3,(H,11,12). The van der Waals surface area contributed by atoms with Crippen molar-refractivity contribution in [1.82, 2.24) is 10.5 Å². The third-order valence-electron chi connectivity index (χ3n) is 1.38. The Labute approximate surface area is 74.9 Å². The van der Waals surface area contributed by atoms with Crippen molar-refractivity contribution in [3.8, 4) is 6.07 Å². The zero-order valence-electron chi connectivity index (χ0n) is 6.94. The molecule has 1 aromatic heterocycles. The van der Waals surface area contributed by atoms with E-state index in [0.29, 0.717) is 0 Å². The molecule has 0 bridgehead atoms. The van der Waals surface area contributed by atoms with Crippen molar-refractivity contribution in [2.75, 3.05) is 7.11 Å². The number of nitriles is 1. The molecule has 0 unspecified atom stereocenters. The Morgan fingerprint density at radius 3 is 3.15 bits per heavy atom. The van der Waals surface area contributed by atoms with E-state index in [9.17, 15) is 4.79 Å². The van der Waals surface area contributed by atoms with E-state index in [1.165, 1.54) is 25.6 Å². The van der Waals surface area contributed by atoms with Crippen LogP contribution in [0, 0.1) is 11.3 Å². The van der Waals surface area contributed by atoms with Gasteiger partial charge in [-0.15, -0.1) is 0 Å². The lowest BCUT2D eigenvalue weighted by atomic mass is 10.1. The molecule has 0 aliphatic rings. The normalized spacial score (nSPS) is 8.92. The minimum Gasteiger partial charge on any atom is -0.277 e. The van der Waals surface area contributed by atoms with E-state index in [0.717, 1.165) is 0 Å². The van der Waals surface area contributed by atoms with Crippen LogP contribution in [0.5, 0.6) is 0 Å². The van der Waals surface area contributed by atoms with E-state index in [2.05, 4.69) is 15.3 Å². The van der Waals surface area contributed by atoms with Crippen LogP contribution in [0.25, 0.3) is 0 Å². The Morgan fingerprint density at radius 2 is 2.54 bits per heavy atom. The largest absolute Gasteiger partial charge is 0.277 e. The average molecular weight is 177 g/mol. The molecule has 1 aromatic rings. The summed E-state index contributed by atoms with van der Waals surface area (Å²) < 4.78 is 0. The molecular weight excluding hydrogens is 170 g/mol. The highest BCUT2D eigenvalue weighted by Gasteiger charge is 2.09. The maximum atomic E-state index is 11.2. The Hall–Kier alpha value is -1.93. The van der Waals surface area contributed by atoms with Crippen LogP contribution in [0.2, 0.25) is 0 Å². The van der Waals surface area contributed by atoms with Crippen molar-refractivity contribution >= 4 is 5.91 Å². The number of nitrogens with one attached hydrogen (secondary N) is 1. The van der Waals surface area contributed by atoms with Crippen LogP contribution in [0.4, 0.5) is 0 Å². The predicted octanol–water partition coefficient (Wildman–Crippen LogP) is 0.244. The molecule has 1 N–H and O–H groups in total. The van der Waals surface area contributed by atoms with Crippen LogP contribution in [0.1, 0.15) is 15.9 Å². The van der Waals surface area contributed by atoms with Crippen molar-refractivity contribution in [2.45, 2.75) is 0 Å². The molecule has 1 amide bonds. The van der Waals surface area contributed by atoms with Gasteiger partial charge in [-0.2, -0.15) is 5.26 Å². The van der Waals surface area contributed by atoms with Gasteiger partial charge in [0.2, 0.25) is 0 Å². The molecule has 5 nitrogen and oxygen atoms in total. The van der Waals surface area contributed by atoms with E-state index in [4.69, 9.17) is 5.26 Å². The molecular formula is C8H7N3O2. The third kappa shape index (κ3) is 2.01. The van der Waals surface area contributed by atoms with Gasteiger partial charge in [-0.25, -0.2) is 5.48 Å². The fourth-order valence-corrected chi connectivity index (χ4v) is 0.821. The Balaban J connectivity index is 3.01. The summed E-state index contributed by atoms with van der Waals surface area (Å²) in [6.07, 6.45) is 2.76. The molecule has 0 aliphatic carbocycles. The average Bonchev–Trinajstić information content (AvgIpc) is 2.18. The second kappa shape index (κ2) is 4.18. The SMILES string of the molecule is CONC(=O)c1cnccc1C#N. The van der Waals surface area contributed by atoms with Gasteiger partial charge in [0, 0.05) is 12.4 Å². The van der Waals surface area contributed by atoms with Gasteiger partial charge in [0.1, 0.15) is 6.07 Å². The number of hydrogen-bond donors (Lipinski definition) is 1. The summed E-state index contributed by atoms with van der Waals surface area (Å²) in [5.41, 5.74) is 2.58. The van der Waals surface area contributed by atoms with Gasteiger partial charge in [-0.3, -0.25) is 14.6 Å². The number of carbonyl (C=O) groups is 1. The first-order chi connectivity index (χ1) is 6.29. The first-order valence-corrected chi connectivity index (χ1v) is 3.47. The lowest BCUT2D eigenvalue weighted by Gasteiger charge is -2.01. The van der Waals surface area contributed by atoms with E-state index in [1.807, 2.05) is 6.07 Å². The summed E-state index contributed by atoms with van der Waals surface area (Å²) in [6, 6.07) is 3.34. The molecule has 1 heterocycles. The lowest BCUT2D eigenvalue weighted by molar-refractivity contribution is 0.0537. The molecule has 13 heavy (non-hydrogen) atoms. The molecule has 5 heteroatoms. The molecule has 1 rings (SSSR count). The highest BCUT2D eigenvalue weighted by Crippen LogP contribution is 2.04. The summed E-state index contributed by atoms with van der Waals surface area (Å²) in [7, 11) is 1.32. The quantitative estimate of drug-likeness (QED) is 0.657. The summed E-state index contributed by atoms with van der Waals surface area (Å²) in [6.45, 7) is 0. The van der Waals surface area contributed by atoms with Crippen LogP contribution < -0.4 is 5.48 Å². The van der Waals surface area contributed by atoms with E-state index in [-0.39, 0.29) is 11.1 Å². The summed E-state index contributed by atoms with van der Waals surface area (Å²) in [5.74, 6) is -0.479. The van der Waals surface area contributed by atoms with Crippen molar-refractivity contribution < 1.29 is 9.63 Å². The molecule has 0 aliphatic heterocycles. The number of hydrogen-bond acceptors (Lipinski definition) is 4. The van der Waals surface area contributed by atoms with Gasteiger partial charge < -0.3 is 0 Å². The van der Waals surface area contributed by atoms with Crippen LogP contribution in [0.15, 0.2) is 18.5 Å². The Morgan fingerprint density at radius 1 is 1.77 bits per heavy atom. The van der Waals surface area contributed by atoms with Crippen molar-refractivity contribution in [1.29, 1.82) is 5.26 Å². The van der Waals surface area contributed by atoms with Crippen LogP contribution in [-0.2, 0) is 4.84 Å². The zero-order chi connectivity index (χ0) is 9.68. The van der Waals surface area contributed by atoms with Gasteiger partial charge in [0.05, 0.1) is 18.2 Å². The summed E-state index contributed by atoms with van der Waals surface area (Å²) >= 11 is 0. The van der Waals surface area contributed by atoms with E-state index >= 15 is 0 Å². The van der Waals surface area contributed by atoms with Gasteiger partial charge in [0.15, 0.2) is 0 Å². The summed E-state index contributed by atoms with van der Waals surface area (Å²) in [5, 5.41) is 8.64. The first kappa shape index (κ1) is 9.16. The smallest absolute Gasteiger partial charge is 0.277 e. The summed E-state index contributed by atoms with van der Waals surface area (Å²) in [4.78, 5) is 19.3. The van der Waals surface area contributed by atoms with Crippen molar-refractivity contribution in [3.05, 3.63) is 29.6 Å². The topological polar surface area (TPSA) is 75.0 Å². The Kier molecular flexibility index (Phi) is 2.95. The predicted molar refractivity (Wildman–Crippen MR) is 43.4 cm³/mol. The number of amides is 1. The number of rotatable bonds is 2. The minimum atomic E-state index is -0.479. The highest BCUT2D eigenvalue weighted by atomic mass is 16.6.